The van der Waals surface area contributed by atoms with Crippen LogP contribution in [-0.2, 0) is 26.3 Å². The standard InChI is InChI=1S/C28H22ClN3O4S2/c1-28(2)21-22(25(35)32(24(21)34)19-11-8-17(29)9-12-19)37-26-23(28)38-27(36)31(26)14-20(33)30-18-10-7-15-5-3-4-6-16(15)13-18/h3-13,21-22H,14H2,1-2H3,(H,30,33)/t21-,22+/m1/s1. The summed E-state index contributed by atoms with van der Waals surface area (Å²) in [6.45, 7) is 3.57. The first kappa shape index (κ1) is 24.9. The molecular formula is C28H22ClN3O4S2. The molecule has 10 heteroatoms. The van der Waals surface area contributed by atoms with Gasteiger partial charge < -0.3 is 5.32 Å². The highest BCUT2D eigenvalue weighted by molar-refractivity contribution is 8.00. The zero-order valence-electron chi connectivity index (χ0n) is 20.4. The third-order valence-corrected chi connectivity index (χ3v) is 10.2. The van der Waals surface area contributed by atoms with Gasteiger partial charge in [0, 0.05) is 21.0 Å². The Balaban J connectivity index is 1.29. The summed E-state index contributed by atoms with van der Waals surface area (Å²) in [7, 11) is 0. The van der Waals surface area contributed by atoms with Gasteiger partial charge in [-0.2, -0.15) is 0 Å². The van der Waals surface area contributed by atoms with Gasteiger partial charge in [0.05, 0.1) is 16.6 Å². The van der Waals surface area contributed by atoms with Crippen LogP contribution in [0.1, 0.15) is 18.7 Å². The Labute approximate surface area is 231 Å². The number of fused-ring (bicyclic) bond motifs is 3. The summed E-state index contributed by atoms with van der Waals surface area (Å²) in [5.74, 6) is -1.62. The van der Waals surface area contributed by atoms with Gasteiger partial charge in [-0.3, -0.25) is 23.7 Å². The molecule has 0 bridgehead atoms. The van der Waals surface area contributed by atoms with Crippen LogP contribution in [0, 0.1) is 5.92 Å². The number of halogens is 1. The Hall–Kier alpha value is -3.40. The molecule has 192 valence electrons. The van der Waals surface area contributed by atoms with Crippen LogP contribution in [0.25, 0.3) is 10.8 Å². The Morgan fingerprint density at radius 1 is 0.974 bits per heavy atom. The van der Waals surface area contributed by atoms with Crippen molar-refractivity contribution in [3.63, 3.8) is 0 Å². The molecule has 0 saturated carbocycles. The molecule has 3 aromatic carbocycles. The highest BCUT2D eigenvalue weighted by atomic mass is 35.5. The number of carbonyl (C=O) groups is 3. The summed E-state index contributed by atoms with van der Waals surface area (Å²) in [6, 6.07) is 20.1. The molecule has 0 radical (unpaired) electrons. The second-order valence-corrected chi connectivity index (χ2v) is 12.5. The molecule has 1 N–H and O–H groups in total. The summed E-state index contributed by atoms with van der Waals surface area (Å²) < 4.78 is 1.42. The first-order valence-electron chi connectivity index (χ1n) is 12.0. The number of imide groups is 1. The van der Waals surface area contributed by atoms with Crippen LogP contribution < -0.4 is 15.1 Å². The SMILES string of the molecule is CC1(C)c2sc(=O)n(CC(=O)Nc3ccc4ccccc4c3)c2S[C@@H]2C(=O)N(c3ccc(Cl)cc3)C(=O)[C@@H]21. The quantitative estimate of drug-likeness (QED) is 0.341. The van der Waals surface area contributed by atoms with E-state index in [1.807, 2.05) is 56.3 Å². The maximum atomic E-state index is 13.5. The van der Waals surface area contributed by atoms with E-state index >= 15 is 0 Å². The largest absolute Gasteiger partial charge is 0.325 e. The molecule has 38 heavy (non-hydrogen) atoms. The molecule has 3 amide bonds. The van der Waals surface area contributed by atoms with Gasteiger partial charge >= 0.3 is 4.87 Å². The van der Waals surface area contributed by atoms with Crippen LogP contribution >= 0.6 is 34.7 Å². The van der Waals surface area contributed by atoms with Crippen molar-refractivity contribution in [3.05, 3.63) is 86.3 Å². The average Bonchev–Trinajstić information content (AvgIpc) is 3.33. The number of thioether (sulfide) groups is 1. The number of thiazole rings is 1. The number of anilines is 2. The highest BCUT2D eigenvalue weighted by Crippen LogP contribution is 2.54. The number of benzene rings is 3. The van der Waals surface area contributed by atoms with Crippen LogP contribution in [-0.4, -0.2) is 27.5 Å². The molecule has 6 rings (SSSR count). The van der Waals surface area contributed by atoms with E-state index in [4.69, 9.17) is 11.6 Å². The smallest absolute Gasteiger partial charge is 0.308 e. The van der Waals surface area contributed by atoms with Crippen molar-refractivity contribution >= 4 is 74.6 Å². The van der Waals surface area contributed by atoms with Crippen molar-refractivity contribution in [2.45, 2.75) is 36.1 Å². The van der Waals surface area contributed by atoms with Crippen molar-refractivity contribution in [1.29, 1.82) is 0 Å². The number of aromatic nitrogens is 1. The van der Waals surface area contributed by atoms with E-state index < -0.39 is 16.6 Å². The fourth-order valence-corrected chi connectivity index (χ4v) is 8.39. The topological polar surface area (TPSA) is 88.5 Å². The maximum Gasteiger partial charge on any atom is 0.308 e. The van der Waals surface area contributed by atoms with E-state index in [2.05, 4.69) is 5.32 Å². The highest BCUT2D eigenvalue weighted by Gasteiger charge is 2.59. The van der Waals surface area contributed by atoms with Gasteiger partial charge in [-0.15, -0.1) is 0 Å². The number of nitrogens with zero attached hydrogens (tertiary/aromatic N) is 2. The summed E-state index contributed by atoms with van der Waals surface area (Å²) in [6.07, 6.45) is 0. The molecule has 1 aromatic heterocycles. The second kappa shape index (κ2) is 9.11. The number of hydrogen-bond acceptors (Lipinski definition) is 6. The minimum atomic E-state index is -0.775. The van der Waals surface area contributed by atoms with Gasteiger partial charge in [-0.25, -0.2) is 4.90 Å². The van der Waals surface area contributed by atoms with Crippen LogP contribution in [0.15, 0.2) is 76.6 Å². The van der Waals surface area contributed by atoms with Gasteiger partial charge in [0.25, 0.3) is 0 Å². The van der Waals surface area contributed by atoms with E-state index in [0.29, 0.717) is 26.3 Å². The van der Waals surface area contributed by atoms with Crippen LogP contribution in [0.2, 0.25) is 5.02 Å². The molecule has 7 nitrogen and oxygen atoms in total. The van der Waals surface area contributed by atoms with Gasteiger partial charge in [0.1, 0.15) is 11.8 Å². The second-order valence-electron chi connectivity index (χ2n) is 9.92. The molecule has 3 heterocycles. The number of carbonyl (C=O) groups excluding carboxylic acids is 3. The van der Waals surface area contributed by atoms with E-state index in [1.54, 1.807) is 24.3 Å². The predicted molar refractivity (Wildman–Crippen MR) is 151 cm³/mol. The Morgan fingerprint density at radius 2 is 1.68 bits per heavy atom. The molecule has 2 aliphatic heterocycles. The van der Waals surface area contributed by atoms with Gasteiger partial charge in [-0.1, -0.05) is 78.9 Å². The van der Waals surface area contributed by atoms with E-state index in [-0.39, 0.29) is 29.1 Å². The lowest BCUT2D eigenvalue weighted by Crippen LogP contribution is -2.41. The monoisotopic (exact) mass is 563 g/mol. The van der Waals surface area contributed by atoms with Gasteiger partial charge in [0.15, 0.2) is 0 Å². The maximum absolute atomic E-state index is 13.5. The molecule has 2 atom stereocenters. The number of amides is 3. The number of nitrogens with one attached hydrogen (secondary N) is 1. The van der Waals surface area contributed by atoms with E-state index in [9.17, 15) is 19.2 Å². The predicted octanol–water partition coefficient (Wildman–Crippen LogP) is 5.30. The lowest BCUT2D eigenvalue weighted by Gasteiger charge is -2.36. The van der Waals surface area contributed by atoms with Crippen molar-refractivity contribution in [2.24, 2.45) is 5.92 Å². The molecule has 2 aliphatic rings. The minimum absolute atomic E-state index is 0.193. The fraction of sp³-hybridized carbons (Fsp3) is 0.214. The molecule has 1 saturated heterocycles. The molecule has 1 fully saturated rings. The lowest BCUT2D eigenvalue weighted by molar-refractivity contribution is -0.123. The number of hydrogen-bond donors (Lipinski definition) is 1. The zero-order valence-corrected chi connectivity index (χ0v) is 22.8. The molecule has 4 aromatic rings. The fourth-order valence-electron chi connectivity index (χ4n) is 5.22. The third-order valence-electron chi connectivity index (χ3n) is 7.12. The van der Waals surface area contributed by atoms with Crippen LogP contribution in [0.5, 0.6) is 0 Å². The lowest BCUT2D eigenvalue weighted by atomic mass is 9.76. The van der Waals surface area contributed by atoms with Gasteiger partial charge in [-0.05, 0) is 47.2 Å². The van der Waals surface area contributed by atoms with Crippen molar-refractivity contribution in [1.82, 2.24) is 4.57 Å². The third kappa shape index (κ3) is 3.97. The molecule has 0 aliphatic carbocycles. The summed E-state index contributed by atoms with van der Waals surface area (Å²) in [4.78, 5) is 54.7. The molecule has 0 unspecified atom stereocenters. The summed E-state index contributed by atoms with van der Waals surface area (Å²) in [5.41, 5.74) is 0.322. The number of rotatable bonds is 4. The summed E-state index contributed by atoms with van der Waals surface area (Å²) >= 11 is 8.23. The van der Waals surface area contributed by atoms with Crippen molar-refractivity contribution < 1.29 is 14.4 Å². The summed E-state index contributed by atoms with van der Waals surface area (Å²) in [5, 5.41) is 5.31. The Bertz CT molecular complexity index is 1690. The van der Waals surface area contributed by atoms with Crippen molar-refractivity contribution in [3.8, 4) is 0 Å². The Morgan fingerprint density at radius 3 is 2.42 bits per heavy atom. The first-order valence-corrected chi connectivity index (χ1v) is 14.1. The minimum Gasteiger partial charge on any atom is -0.325 e. The van der Waals surface area contributed by atoms with Crippen LogP contribution in [0.4, 0.5) is 11.4 Å². The van der Waals surface area contributed by atoms with E-state index in [0.717, 1.165) is 22.1 Å². The molecule has 0 spiro atoms. The van der Waals surface area contributed by atoms with Crippen LogP contribution in [0.3, 0.4) is 0 Å². The Kier molecular flexibility index (Phi) is 5.97. The first-order chi connectivity index (χ1) is 18.1. The van der Waals surface area contributed by atoms with Crippen molar-refractivity contribution in [2.75, 3.05) is 10.2 Å². The molecular weight excluding hydrogens is 542 g/mol. The van der Waals surface area contributed by atoms with Gasteiger partial charge in [0.2, 0.25) is 17.7 Å². The normalized spacial score (nSPS) is 19.9. The van der Waals surface area contributed by atoms with E-state index in [1.165, 1.54) is 21.2 Å². The average molecular weight is 564 g/mol. The zero-order chi connectivity index (χ0) is 26.8.